The lowest BCUT2D eigenvalue weighted by atomic mass is 10.0. The van der Waals surface area contributed by atoms with Crippen LogP contribution in [0.3, 0.4) is 0 Å². The molecule has 1 aromatic carbocycles. The summed E-state index contributed by atoms with van der Waals surface area (Å²) in [5, 5.41) is 7.79. The van der Waals surface area contributed by atoms with Gasteiger partial charge in [-0.2, -0.15) is 10.1 Å². The van der Waals surface area contributed by atoms with Crippen LogP contribution in [0.2, 0.25) is 0 Å². The van der Waals surface area contributed by atoms with Gasteiger partial charge < -0.3 is 10.2 Å². The maximum Gasteiger partial charge on any atom is 0.226 e. The predicted octanol–water partition coefficient (Wildman–Crippen LogP) is 2.94. The molecule has 1 unspecified atom stereocenters. The van der Waals surface area contributed by atoms with E-state index < -0.39 is 0 Å². The summed E-state index contributed by atoms with van der Waals surface area (Å²) in [4.78, 5) is 15.2. The van der Waals surface area contributed by atoms with Crippen LogP contribution >= 0.6 is 0 Å². The van der Waals surface area contributed by atoms with Gasteiger partial charge in [-0.05, 0) is 18.4 Å². The Kier molecular flexibility index (Phi) is 5.78. The molecule has 0 fully saturated rings. The largest absolute Gasteiger partial charge is 0.363 e. The van der Waals surface area contributed by atoms with Gasteiger partial charge >= 0.3 is 0 Å². The second kappa shape index (κ2) is 8.42. The highest BCUT2D eigenvalue weighted by molar-refractivity contribution is 5.45. The van der Waals surface area contributed by atoms with E-state index in [1.165, 1.54) is 5.56 Å². The molecule has 0 spiro atoms. The Balaban J connectivity index is 1.84. The molecule has 0 aliphatic rings. The van der Waals surface area contributed by atoms with E-state index >= 15 is 0 Å². The van der Waals surface area contributed by atoms with Gasteiger partial charge in [0.1, 0.15) is 18.5 Å². The van der Waals surface area contributed by atoms with Gasteiger partial charge in [-0.1, -0.05) is 37.3 Å². The van der Waals surface area contributed by atoms with E-state index in [4.69, 9.17) is 0 Å². The average Bonchev–Trinajstić information content (AvgIpc) is 3.19. The molecule has 0 bridgehead atoms. The van der Waals surface area contributed by atoms with Gasteiger partial charge in [0.15, 0.2) is 0 Å². The van der Waals surface area contributed by atoms with Crippen LogP contribution < -0.4 is 10.2 Å². The molecule has 1 atom stereocenters. The lowest BCUT2D eigenvalue weighted by Gasteiger charge is -2.21. The van der Waals surface area contributed by atoms with E-state index in [9.17, 15) is 0 Å². The van der Waals surface area contributed by atoms with E-state index in [0.717, 1.165) is 36.8 Å². The molecule has 0 radical (unpaired) electrons. The van der Waals surface area contributed by atoms with Crippen LogP contribution in [0.15, 0.2) is 49.1 Å². The van der Waals surface area contributed by atoms with Crippen LogP contribution in [0.4, 0.5) is 11.8 Å². The monoisotopic (exact) mass is 351 g/mol. The second-order valence-corrected chi connectivity index (χ2v) is 6.35. The summed E-state index contributed by atoms with van der Waals surface area (Å²) in [7, 11) is 3.91. The minimum atomic E-state index is 0.120. The van der Waals surface area contributed by atoms with E-state index in [0.29, 0.717) is 0 Å². The third-order valence-electron chi connectivity index (χ3n) is 4.17. The summed E-state index contributed by atoms with van der Waals surface area (Å²) in [6.07, 6.45) is 5.04. The average molecular weight is 351 g/mol. The van der Waals surface area contributed by atoms with Crippen molar-refractivity contribution in [2.45, 2.75) is 32.4 Å². The Bertz CT molecular complexity index is 800. The Hall–Kier alpha value is -2.96. The molecule has 2 heterocycles. The number of hydrogen-bond acceptors (Lipinski definition) is 6. The third kappa shape index (κ3) is 4.56. The number of aromatic nitrogens is 5. The van der Waals surface area contributed by atoms with Gasteiger partial charge in [0.05, 0.1) is 6.04 Å². The van der Waals surface area contributed by atoms with E-state index in [-0.39, 0.29) is 6.04 Å². The molecule has 0 amide bonds. The smallest absolute Gasteiger partial charge is 0.226 e. The maximum atomic E-state index is 4.66. The van der Waals surface area contributed by atoms with Crippen molar-refractivity contribution in [2.75, 3.05) is 24.3 Å². The third-order valence-corrected chi connectivity index (χ3v) is 4.17. The molecule has 3 aromatic rings. The molecule has 2 aromatic heterocycles. The van der Waals surface area contributed by atoms with Crippen LogP contribution in [0.5, 0.6) is 0 Å². The number of hydrogen-bond donors (Lipinski definition) is 1. The van der Waals surface area contributed by atoms with Crippen molar-refractivity contribution in [2.24, 2.45) is 0 Å². The predicted molar refractivity (Wildman–Crippen MR) is 103 cm³/mol. The Labute approximate surface area is 154 Å². The van der Waals surface area contributed by atoms with E-state index in [1.807, 2.05) is 35.8 Å². The first-order valence-corrected chi connectivity index (χ1v) is 8.85. The highest BCUT2D eigenvalue weighted by Crippen LogP contribution is 2.23. The number of nitrogens with one attached hydrogen (secondary N) is 1. The fourth-order valence-electron chi connectivity index (χ4n) is 2.73. The summed E-state index contributed by atoms with van der Waals surface area (Å²) in [5.74, 6) is 1.56. The van der Waals surface area contributed by atoms with Crippen molar-refractivity contribution < 1.29 is 0 Å². The number of aryl methyl sites for hydroxylation is 2. The van der Waals surface area contributed by atoms with Crippen molar-refractivity contribution in [3.63, 3.8) is 0 Å². The van der Waals surface area contributed by atoms with Crippen molar-refractivity contribution >= 4 is 11.8 Å². The Morgan fingerprint density at radius 1 is 1.15 bits per heavy atom. The molecule has 136 valence electrons. The van der Waals surface area contributed by atoms with Crippen molar-refractivity contribution in [1.82, 2.24) is 24.7 Å². The number of benzene rings is 1. The summed E-state index contributed by atoms with van der Waals surface area (Å²) in [6, 6.07) is 12.6. The van der Waals surface area contributed by atoms with Crippen LogP contribution in [0.25, 0.3) is 0 Å². The normalized spacial score (nSPS) is 12.0. The molecule has 0 saturated carbocycles. The zero-order chi connectivity index (χ0) is 18.4. The summed E-state index contributed by atoms with van der Waals surface area (Å²) >= 11 is 0. The van der Waals surface area contributed by atoms with Crippen LogP contribution in [-0.4, -0.2) is 38.8 Å². The van der Waals surface area contributed by atoms with Gasteiger partial charge in [0, 0.05) is 32.4 Å². The van der Waals surface area contributed by atoms with E-state index in [1.54, 1.807) is 12.7 Å². The molecule has 0 saturated heterocycles. The molecule has 0 aliphatic heterocycles. The maximum absolute atomic E-state index is 4.66. The first-order valence-electron chi connectivity index (χ1n) is 8.85. The summed E-state index contributed by atoms with van der Waals surface area (Å²) in [5.41, 5.74) is 2.24. The minimum Gasteiger partial charge on any atom is -0.363 e. The molecular formula is C19H25N7. The quantitative estimate of drug-likeness (QED) is 0.673. The van der Waals surface area contributed by atoms with Gasteiger partial charge in [0.2, 0.25) is 5.95 Å². The van der Waals surface area contributed by atoms with Gasteiger partial charge in [-0.25, -0.2) is 9.97 Å². The molecule has 7 nitrogen and oxygen atoms in total. The minimum absolute atomic E-state index is 0.120. The van der Waals surface area contributed by atoms with Crippen LogP contribution in [-0.2, 0) is 13.0 Å². The fraction of sp³-hybridized carbons (Fsp3) is 0.368. The highest BCUT2D eigenvalue weighted by Gasteiger charge is 2.14. The number of rotatable bonds is 8. The Morgan fingerprint density at radius 2 is 1.96 bits per heavy atom. The molecule has 7 heteroatoms. The summed E-state index contributed by atoms with van der Waals surface area (Å²) < 4.78 is 1.85. The molecule has 0 aliphatic carbocycles. The van der Waals surface area contributed by atoms with Crippen molar-refractivity contribution in [1.29, 1.82) is 0 Å². The lowest BCUT2D eigenvalue weighted by Crippen LogP contribution is -2.18. The van der Waals surface area contributed by atoms with Crippen LogP contribution in [0.1, 0.15) is 30.6 Å². The van der Waals surface area contributed by atoms with Crippen LogP contribution in [0, 0.1) is 0 Å². The molecule has 26 heavy (non-hydrogen) atoms. The Morgan fingerprint density at radius 3 is 2.62 bits per heavy atom. The molecule has 3 rings (SSSR count). The van der Waals surface area contributed by atoms with E-state index in [2.05, 4.69) is 56.6 Å². The second-order valence-electron chi connectivity index (χ2n) is 6.35. The lowest BCUT2D eigenvalue weighted by molar-refractivity contribution is 0.537. The van der Waals surface area contributed by atoms with Crippen molar-refractivity contribution in [3.05, 3.63) is 60.3 Å². The highest BCUT2D eigenvalue weighted by atomic mass is 15.3. The SMILES string of the molecule is CCc1cc(NC(CCn2cncn2)c2ccccc2)nc(N(C)C)n1. The zero-order valence-corrected chi connectivity index (χ0v) is 15.5. The number of nitrogens with zero attached hydrogens (tertiary/aromatic N) is 6. The summed E-state index contributed by atoms with van der Waals surface area (Å²) in [6.45, 7) is 2.88. The fourth-order valence-corrected chi connectivity index (χ4v) is 2.73. The molecule has 1 N–H and O–H groups in total. The van der Waals surface area contributed by atoms with Gasteiger partial charge in [-0.15, -0.1) is 0 Å². The van der Waals surface area contributed by atoms with Gasteiger partial charge in [-0.3, -0.25) is 4.68 Å². The standard InChI is InChI=1S/C19H25N7/c1-4-16-12-18(24-19(22-16)25(2)3)23-17(15-8-6-5-7-9-15)10-11-26-14-20-13-21-26/h5-9,12-14,17H,4,10-11H2,1-3H3,(H,22,23,24). The van der Waals surface area contributed by atoms with Crippen molar-refractivity contribution in [3.8, 4) is 0 Å². The molecular weight excluding hydrogens is 326 g/mol. The topological polar surface area (TPSA) is 71.8 Å². The first-order chi connectivity index (χ1) is 12.7. The van der Waals surface area contributed by atoms with Gasteiger partial charge in [0.25, 0.3) is 0 Å². The zero-order valence-electron chi connectivity index (χ0n) is 15.5. The number of anilines is 2. The first kappa shape index (κ1) is 17.8.